The van der Waals surface area contributed by atoms with Gasteiger partial charge in [0.25, 0.3) is 0 Å². The molecule has 0 aromatic rings. The molecule has 0 aliphatic carbocycles. The van der Waals surface area contributed by atoms with Crippen LogP contribution in [-0.2, 0) is 28.8 Å². The van der Waals surface area contributed by atoms with Crippen molar-refractivity contribution in [3.8, 4) is 0 Å². The summed E-state index contributed by atoms with van der Waals surface area (Å²) in [7, 11) is 0. The zero-order valence-electron chi connectivity index (χ0n) is 15.9. The molecule has 0 spiro atoms. The molecule has 1 heterocycles. The summed E-state index contributed by atoms with van der Waals surface area (Å²) < 4.78 is 0. The van der Waals surface area contributed by atoms with Crippen molar-refractivity contribution >= 4 is 35.6 Å². The van der Waals surface area contributed by atoms with Crippen LogP contribution in [0.25, 0.3) is 0 Å². The largest absolute Gasteiger partial charge is 0.481 e. The molecular formula is C16H25N5O9. The smallest absolute Gasteiger partial charge is 0.326 e. The summed E-state index contributed by atoms with van der Waals surface area (Å²) >= 11 is 0. The lowest BCUT2D eigenvalue weighted by molar-refractivity contribution is -0.145. The van der Waals surface area contributed by atoms with Crippen LogP contribution in [0.3, 0.4) is 0 Å². The number of carbonyl (C=O) groups is 6. The van der Waals surface area contributed by atoms with Crippen molar-refractivity contribution in [3.63, 3.8) is 0 Å². The van der Waals surface area contributed by atoms with Crippen LogP contribution in [0.1, 0.15) is 25.7 Å². The monoisotopic (exact) mass is 431 g/mol. The Balaban J connectivity index is 2.93. The molecule has 0 aromatic heterocycles. The fraction of sp³-hybridized carbons (Fsp3) is 0.625. The highest BCUT2D eigenvalue weighted by atomic mass is 16.4. The van der Waals surface area contributed by atoms with E-state index < -0.39 is 79.2 Å². The third kappa shape index (κ3) is 6.97. The van der Waals surface area contributed by atoms with Crippen molar-refractivity contribution in [3.05, 3.63) is 0 Å². The van der Waals surface area contributed by atoms with E-state index in [2.05, 4.69) is 5.32 Å². The quantitative estimate of drug-likeness (QED) is 0.166. The van der Waals surface area contributed by atoms with Crippen LogP contribution in [-0.4, -0.2) is 93.1 Å². The van der Waals surface area contributed by atoms with Crippen molar-refractivity contribution in [2.75, 3.05) is 13.2 Å². The number of carboxylic acids is 2. The van der Waals surface area contributed by atoms with Crippen molar-refractivity contribution in [1.82, 2.24) is 15.5 Å². The predicted octanol–water partition coefficient (Wildman–Crippen LogP) is -4.30. The van der Waals surface area contributed by atoms with E-state index in [-0.39, 0.29) is 13.0 Å². The number of carbonyl (C=O) groups excluding carboxylic acids is 4. The normalized spacial score (nSPS) is 18.7. The Kier molecular flexibility index (Phi) is 9.14. The van der Waals surface area contributed by atoms with E-state index in [0.29, 0.717) is 6.42 Å². The maximum atomic E-state index is 12.6. The second kappa shape index (κ2) is 11.1. The lowest BCUT2D eigenvalue weighted by Gasteiger charge is -2.27. The molecule has 9 N–H and O–H groups in total. The van der Waals surface area contributed by atoms with E-state index >= 15 is 0 Å². The van der Waals surface area contributed by atoms with E-state index in [1.807, 2.05) is 5.32 Å². The molecule has 168 valence electrons. The Labute approximate surface area is 170 Å². The van der Waals surface area contributed by atoms with Crippen molar-refractivity contribution in [2.24, 2.45) is 11.5 Å². The molecular weight excluding hydrogens is 406 g/mol. The minimum absolute atomic E-state index is 0.181. The summed E-state index contributed by atoms with van der Waals surface area (Å²) in [6.07, 6.45) is -0.954. The number of aliphatic hydroxyl groups excluding tert-OH is 1. The van der Waals surface area contributed by atoms with Gasteiger partial charge in [-0.2, -0.15) is 0 Å². The summed E-state index contributed by atoms with van der Waals surface area (Å²) in [6, 6.07) is -5.66. The molecule has 1 rings (SSSR count). The molecule has 14 nitrogen and oxygen atoms in total. The lowest BCUT2D eigenvalue weighted by Crippen LogP contribution is -2.57. The second-order valence-corrected chi connectivity index (χ2v) is 6.71. The molecule has 0 bridgehead atoms. The summed E-state index contributed by atoms with van der Waals surface area (Å²) in [6.45, 7) is -0.454. The van der Waals surface area contributed by atoms with Crippen molar-refractivity contribution in [1.29, 1.82) is 0 Å². The lowest BCUT2D eigenvalue weighted by atomic mass is 10.1. The van der Waals surface area contributed by atoms with Crippen LogP contribution in [0.2, 0.25) is 0 Å². The van der Waals surface area contributed by atoms with Crippen LogP contribution < -0.4 is 22.1 Å². The molecule has 4 atom stereocenters. The number of nitrogens with one attached hydrogen (secondary N) is 2. The maximum Gasteiger partial charge on any atom is 0.326 e. The fourth-order valence-corrected chi connectivity index (χ4v) is 2.92. The van der Waals surface area contributed by atoms with Gasteiger partial charge in [-0.25, -0.2) is 4.79 Å². The van der Waals surface area contributed by atoms with Gasteiger partial charge >= 0.3 is 11.9 Å². The first-order valence-corrected chi connectivity index (χ1v) is 8.98. The standard InChI is InChI=1S/C16H25N5O9/c17-7(6-22)15(28)21-3-1-2-10(21)14(27)19-8(5-12(24)25)13(26)20-9(16(29)30)4-11(18)23/h7-10,22H,1-6,17H2,(H2,18,23)(H,19,27)(H,20,26)(H,24,25)(H,29,30). The first-order chi connectivity index (χ1) is 14.0. The Morgan fingerprint density at radius 2 is 1.67 bits per heavy atom. The second-order valence-electron chi connectivity index (χ2n) is 6.71. The van der Waals surface area contributed by atoms with Crippen molar-refractivity contribution in [2.45, 2.75) is 49.9 Å². The summed E-state index contributed by atoms with van der Waals surface area (Å²) in [4.78, 5) is 71.5. The summed E-state index contributed by atoms with van der Waals surface area (Å²) in [5.74, 6) is -6.72. The third-order valence-electron chi connectivity index (χ3n) is 4.38. The first-order valence-electron chi connectivity index (χ1n) is 8.98. The summed E-state index contributed by atoms with van der Waals surface area (Å²) in [5.41, 5.74) is 10.4. The molecule has 1 fully saturated rings. The number of hydrogen-bond acceptors (Lipinski definition) is 8. The number of likely N-dealkylation sites (tertiary alicyclic amines) is 1. The highest BCUT2D eigenvalue weighted by molar-refractivity contribution is 5.96. The van der Waals surface area contributed by atoms with Gasteiger partial charge in [-0.15, -0.1) is 0 Å². The topological polar surface area (TPSA) is 242 Å². The van der Waals surface area contributed by atoms with Gasteiger partial charge in [0.15, 0.2) is 0 Å². The van der Waals surface area contributed by atoms with Crippen LogP contribution in [0, 0.1) is 0 Å². The number of nitrogens with zero attached hydrogens (tertiary/aromatic N) is 1. The highest BCUT2D eigenvalue weighted by Gasteiger charge is 2.38. The Bertz CT molecular complexity index is 713. The zero-order valence-corrected chi connectivity index (χ0v) is 15.9. The molecule has 0 aromatic carbocycles. The zero-order chi connectivity index (χ0) is 23.0. The number of aliphatic carboxylic acids is 2. The number of nitrogens with two attached hydrogens (primary N) is 2. The Hall–Kier alpha value is -3.26. The van der Waals surface area contributed by atoms with Gasteiger partial charge in [-0.3, -0.25) is 24.0 Å². The highest BCUT2D eigenvalue weighted by Crippen LogP contribution is 2.18. The Morgan fingerprint density at radius 3 is 2.17 bits per heavy atom. The minimum atomic E-state index is -1.71. The molecule has 1 aliphatic rings. The number of rotatable bonds is 11. The number of amides is 4. The van der Waals surface area contributed by atoms with Crippen LogP contribution in [0.5, 0.6) is 0 Å². The molecule has 1 saturated heterocycles. The molecule has 4 unspecified atom stereocenters. The average molecular weight is 431 g/mol. The number of carboxylic acid groups (broad SMARTS) is 2. The average Bonchev–Trinajstić information content (AvgIpc) is 3.14. The molecule has 0 radical (unpaired) electrons. The fourth-order valence-electron chi connectivity index (χ4n) is 2.92. The number of hydrogen-bond donors (Lipinski definition) is 7. The van der Waals surface area contributed by atoms with Gasteiger partial charge in [-0.1, -0.05) is 0 Å². The van der Waals surface area contributed by atoms with Crippen LogP contribution in [0.15, 0.2) is 0 Å². The minimum Gasteiger partial charge on any atom is -0.481 e. The van der Waals surface area contributed by atoms with Gasteiger partial charge in [-0.05, 0) is 12.8 Å². The molecule has 30 heavy (non-hydrogen) atoms. The first kappa shape index (κ1) is 24.8. The SMILES string of the molecule is NC(=O)CC(NC(=O)C(CC(=O)O)NC(=O)C1CCCN1C(=O)C(N)CO)C(=O)O. The van der Waals surface area contributed by atoms with Crippen LogP contribution in [0.4, 0.5) is 0 Å². The van der Waals surface area contributed by atoms with Crippen molar-refractivity contribution < 1.29 is 44.1 Å². The van der Waals surface area contributed by atoms with Gasteiger partial charge in [0, 0.05) is 6.54 Å². The molecule has 14 heteroatoms. The molecule has 0 saturated carbocycles. The van der Waals surface area contributed by atoms with Gasteiger partial charge in [0.05, 0.1) is 19.4 Å². The number of aliphatic hydroxyl groups is 1. The van der Waals surface area contributed by atoms with E-state index in [9.17, 15) is 28.8 Å². The molecule has 4 amide bonds. The third-order valence-corrected chi connectivity index (χ3v) is 4.38. The summed E-state index contributed by atoms with van der Waals surface area (Å²) in [5, 5.41) is 31.2. The van der Waals surface area contributed by atoms with Gasteiger partial charge < -0.3 is 42.3 Å². The molecule has 1 aliphatic heterocycles. The predicted molar refractivity (Wildman–Crippen MR) is 97.4 cm³/mol. The van der Waals surface area contributed by atoms with Gasteiger partial charge in [0.1, 0.15) is 24.2 Å². The van der Waals surface area contributed by atoms with Gasteiger partial charge in [0.2, 0.25) is 23.6 Å². The Morgan fingerprint density at radius 1 is 1.03 bits per heavy atom. The van der Waals surface area contributed by atoms with Crippen LogP contribution >= 0.6 is 0 Å². The van der Waals surface area contributed by atoms with E-state index in [1.54, 1.807) is 0 Å². The van der Waals surface area contributed by atoms with E-state index in [1.165, 1.54) is 0 Å². The van der Waals surface area contributed by atoms with E-state index in [0.717, 1.165) is 4.90 Å². The van der Waals surface area contributed by atoms with E-state index in [4.69, 9.17) is 26.8 Å². The maximum absolute atomic E-state index is 12.6. The number of primary amides is 1.